The fraction of sp³-hybridized carbons (Fsp3) is 0.118. The van der Waals surface area contributed by atoms with Gasteiger partial charge in [-0.3, -0.25) is 0 Å². The molecule has 0 atom stereocenters. The van der Waals surface area contributed by atoms with Crippen molar-refractivity contribution in [2.75, 3.05) is 7.11 Å². The molecule has 0 aliphatic rings. The highest BCUT2D eigenvalue weighted by Gasteiger charge is 2.11. The molecule has 0 saturated carbocycles. The number of aromatic nitrogens is 2. The van der Waals surface area contributed by atoms with E-state index in [1.165, 1.54) is 0 Å². The summed E-state index contributed by atoms with van der Waals surface area (Å²) in [5.41, 5.74) is 1.08. The third kappa shape index (κ3) is 3.23. The molecule has 0 aliphatic heterocycles. The van der Waals surface area contributed by atoms with Crippen molar-refractivity contribution in [3.63, 3.8) is 0 Å². The van der Waals surface area contributed by atoms with Gasteiger partial charge in [-0.25, -0.2) is 4.68 Å². The van der Waals surface area contributed by atoms with E-state index in [9.17, 15) is 0 Å². The monoisotopic (exact) mass is 314 g/mol. The number of halogens is 1. The molecule has 0 amide bonds. The quantitative estimate of drug-likeness (QED) is 0.701. The van der Waals surface area contributed by atoms with Crippen molar-refractivity contribution in [1.29, 1.82) is 0 Å². The minimum atomic E-state index is 0.472. The Kier molecular flexibility index (Phi) is 4.30. The number of nitrogens with zero attached hydrogens (tertiary/aromatic N) is 2. The second-order valence-corrected chi connectivity index (χ2v) is 5.08. The van der Waals surface area contributed by atoms with Crippen molar-refractivity contribution in [2.45, 2.75) is 6.54 Å². The fourth-order valence-corrected chi connectivity index (χ4v) is 2.24. The Morgan fingerprint density at radius 2 is 1.73 bits per heavy atom. The van der Waals surface area contributed by atoms with E-state index in [4.69, 9.17) is 21.1 Å². The van der Waals surface area contributed by atoms with Gasteiger partial charge in [0, 0.05) is 0 Å². The van der Waals surface area contributed by atoms with Crippen LogP contribution < -0.4 is 9.47 Å². The van der Waals surface area contributed by atoms with Crippen molar-refractivity contribution in [1.82, 2.24) is 9.78 Å². The van der Waals surface area contributed by atoms with Crippen LogP contribution in [0.1, 0.15) is 5.56 Å². The van der Waals surface area contributed by atoms with E-state index < -0.39 is 0 Å². The summed E-state index contributed by atoms with van der Waals surface area (Å²) in [4.78, 5) is 0. The molecule has 0 radical (unpaired) electrons. The summed E-state index contributed by atoms with van der Waals surface area (Å²) in [6.07, 6.45) is 1.62. The summed E-state index contributed by atoms with van der Waals surface area (Å²) < 4.78 is 12.6. The lowest BCUT2D eigenvalue weighted by molar-refractivity contribution is 0.414. The molecule has 0 spiro atoms. The highest BCUT2D eigenvalue weighted by atomic mass is 35.5. The number of hydrogen-bond donors (Lipinski definition) is 0. The number of methoxy groups -OCH3 is 1. The van der Waals surface area contributed by atoms with Gasteiger partial charge in [0.05, 0.1) is 19.9 Å². The van der Waals surface area contributed by atoms with Gasteiger partial charge in [-0.1, -0.05) is 41.9 Å². The number of rotatable bonds is 5. The minimum Gasteiger partial charge on any atom is -0.497 e. The van der Waals surface area contributed by atoms with Crippen LogP contribution in [0.3, 0.4) is 0 Å². The predicted molar refractivity (Wildman–Crippen MR) is 85.8 cm³/mol. The van der Waals surface area contributed by atoms with E-state index in [2.05, 4.69) is 5.10 Å². The van der Waals surface area contributed by atoms with Crippen LogP contribution in [-0.4, -0.2) is 16.9 Å². The Bertz CT molecular complexity index is 739. The molecule has 112 valence electrons. The average molecular weight is 315 g/mol. The maximum absolute atomic E-state index is 6.33. The van der Waals surface area contributed by atoms with Crippen LogP contribution in [0.5, 0.6) is 17.2 Å². The summed E-state index contributed by atoms with van der Waals surface area (Å²) >= 11 is 6.33. The second kappa shape index (κ2) is 6.54. The fourth-order valence-electron chi connectivity index (χ4n) is 2.05. The zero-order valence-corrected chi connectivity index (χ0v) is 12.8. The molecule has 0 aliphatic carbocycles. The summed E-state index contributed by atoms with van der Waals surface area (Å²) in [5.74, 6) is 2.10. The van der Waals surface area contributed by atoms with E-state index in [1.54, 1.807) is 18.0 Å². The Labute approximate surface area is 133 Å². The lowest BCUT2D eigenvalue weighted by Gasteiger charge is -2.06. The first-order valence-electron chi connectivity index (χ1n) is 6.83. The molecule has 0 N–H and O–H groups in total. The molecule has 22 heavy (non-hydrogen) atoms. The lowest BCUT2D eigenvalue weighted by atomic mass is 10.2. The molecule has 3 aromatic rings. The number of para-hydroxylation sites is 1. The van der Waals surface area contributed by atoms with E-state index >= 15 is 0 Å². The number of ether oxygens (including phenoxy) is 2. The van der Waals surface area contributed by atoms with Crippen LogP contribution in [0.25, 0.3) is 0 Å². The summed E-state index contributed by atoms with van der Waals surface area (Å²) in [6, 6.07) is 17.3. The standard InChI is InChI=1S/C17H15ClN2O2/c1-21-14-9-7-13(8-10-14)12-20-17(18)16(11-19-20)22-15-5-3-2-4-6-15/h2-11H,12H2,1H3. The van der Waals surface area contributed by atoms with E-state index in [0.717, 1.165) is 17.1 Å². The summed E-state index contributed by atoms with van der Waals surface area (Å²) in [5, 5.41) is 4.75. The average Bonchev–Trinajstić information content (AvgIpc) is 2.90. The van der Waals surface area contributed by atoms with Gasteiger partial charge in [-0.15, -0.1) is 0 Å². The summed E-state index contributed by atoms with van der Waals surface area (Å²) in [6.45, 7) is 0.570. The van der Waals surface area contributed by atoms with Crippen molar-refractivity contribution in [3.05, 3.63) is 71.5 Å². The third-order valence-electron chi connectivity index (χ3n) is 3.21. The molecule has 0 bridgehead atoms. The third-order valence-corrected chi connectivity index (χ3v) is 3.59. The topological polar surface area (TPSA) is 36.3 Å². The normalized spacial score (nSPS) is 10.5. The Balaban J connectivity index is 1.75. The highest BCUT2D eigenvalue weighted by molar-refractivity contribution is 6.31. The van der Waals surface area contributed by atoms with Crippen LogP contribution in [0.4, 0.5) is 0 Å². The lowest BCUT2D eigenvalue weighted by Crippen LogP contribution is -2.01. The molecular weight excluding hydrogens is 300 g/mol. The van der Waals surface area contributed by atoms with Gasteiger partial charge in [-0.05, 0) is 29.8 Å². The molecule has 1 aromatic heterocycles. The maximum atomic E-state index is 6.33. The first-order valence-corrected chi connectivity index (χ1v) is 7.21. The van der Waals surface area contributed by atoms with Crippen LogP contribution in [-0.2, 0) is 6.54 Å². The van der Waals surface area contributed by atoms with Crippen LogP contribution >= 0.6 is 11.6 Å². The molecule has 4 nitrogen and oxygen atoms in total. The van der Waals surface area contributed by atoms with Gasteiger partial charge in [0.25, 0.3) is 0 Å². The summed E-state index contributed by atoms with van der Waals surface area (Å²) in [7, 11) is 1.65. The molecule has 3 rings (SSSR count). The molecule has 0 unspecified atom stereocenters. The Morgan fingerprint density at radius 3 is 2.41 bits per heavy atom. The van der Waals surface area contributed by atoms with Crippen molar-refractivity contribution in [3.8, 4) is 17.2 Å². The SMILES string of the molecule is COc1ccc(Cn2ncc(Oc3ccccc3)c2Cl)cc1. The van der Waals surface area contributed by atoms with Crippen molar-refractivity contribution >= 4 is 11.6 Å². The van der Waals surface area contributed by atoms with Gasteiger partial charge < -0.3 is 9.47 Å². The molecular formula is C17H15ClN2O2. The van der Waals surface area contributed by atoms with Gasteiger partial charge in [0.1, 0.15) is 11.5 Å². The van der Waals surface area contributed by atoms with Crippen LogP contribution in [0, 0.1) is 0 Å². The molecule has 0 saturated heterocycles. The van der Waals surface area contributed by atoms with E-state index in [1.807, 2.05) is 54.6 Å². The Hall–Kier alpha value is -2.46. The van der Waals surface area contributed by atoms with Gasteiger partial charge in [0.2, 0.25) is 0 Å². The second-order valence-electron chi connectivity index (χ2n) is 4.72. The van der Waals surface area contributed by atoms with E-state index in [0.29, 0.717) is 17.4 Å². The molecule has 1 heterocycles. The van der Waals surface area contributed by atoms with Crippen molar-refractivity contribution < 1.29 is 9.47 Å². The van der Waals surface area contributed by atoms with Gasteiger partial charge in [-0.2, -0.15) is 5.10 Å². The van der Waals surface area contributed by atoms with Crippen LogP contribution in [0.2, 0.25) is 5.15 Å². The number of benzene rings is 2. The molecule has 5 heteroatoms. The molecule has 2 aromatic carbocycles. The zero-order chi connectivity index (χ0) is 15.4. The first kappa shape index (κ1) is 14.5. The maximum Gasteiger partial charge on any atom is 0.184 e. The minimum absolute atomic E-state index is 0.472. The molecule has 0 fully saturated rings. The smallest absolute Gasteiger partial charge is 0.184 e. The van der Waals surface area contributed by atoms with E-state index in [-0.39, 0.29) is 0 Å². The Morgan fingerprint density at radius 1 is 1.00 bits per heavy atom. The van der Waals surface area contributed by atoms with Gasteiger partial charge >= 0.3 is 0 Å². The van der Waals surface area contributed by atoms with Crippen LogP contribution in [0.15, 0.2) is 60.8 Å². The van der Waals surface area contributed by atoms with Crippen molar-refractivity contribution in [2.24, 2.45) is 0 Å². The zero-order valence-electron chi connectivity index (χ0n) is 12.1. The predicted octanol–water partition coefficient (Wildman–Crippen LogP) is 4.39. The number of hydrogen-bond acceptors (Lipinski definition) is 3. The largest absolute Gasteiger partial charge is 0.497 e. The highest BCUT2D eigenvalue weighted by Crippen LogP contribution is 2.29. The van der Waals surface area contributed by atoms with Gasteiger partial charge in [0.15, 0.2) is 10.9 Å². The first-order chi connectivity index (χ1) is 10.8.